The number of halogens is 1. The largest absolute Gasteiger partial charge is 0.478 e. The first-order chi connectivity index (χ1) is 11.4. The molecule has 1 atom stereocenters. The topological polar surface area (TPSA) is 66.8 Å². The highest BCUT2D eigenvalue weighted by molar-refractivity contribution is 9.10. The number of hydrogen-bond donors (Lipinski definition) is 1. The fourth-order valence-electron chi connectivity index (χ4n) is 2.90. The van der Waals surface area contributed by atoms with Crippen LogP contribution in [0.25, 0.3) is 6.08 Å². The molecule has 1 aliphatic heterocycles. The van der Waals surface area contributed by atoms with Crippen LogP contribution in [-0.4, -0.2) is 36.7 Å². The summed E-state index contributed by atoms with van der Waals surface area (Å²) in [6.07, 6.45) is 3.04. The number of carboxylic acids is 1. The van der Waals surface area contributed by atoms with E-state index in [1.54, 1.807) is 13.0 Å². The maximum absolute atomic E-state index is 11.7. The zero-order valence-electron chi connectivity index (χ0n) is 13.9. The number of benzene rings is 1. The number of ether oxygens (including phenoxy) is 1. The predicted molar refractivity (Wildman–Crippen MR) is 97.0 cm³/mol. The number of aliphatic carboxylic acids is 1. The fourth-order valence-corrected chi connectivity index (χ4v) is 3.28. The third-order valence-electron chi connectivity index (χ3n) is 4.09. The van der Waals surface area contributed by atoms with Gasteiger partial charge in [0.25, 0.3) is 0 Å². The Hall–Kier alpha value is -1.82. The molecular weight excluding hydrogens is 374 g/mol. The average molecular weight is 396 g/mol. The number of anilines is 1. The Morgan fingerprint density at radius 3 is 2.88 bits per heavy atom. The quantitative estimate of drug-likeness (QED) is 0.587. The predicted octanol–water partition coefficient (Wildman–Crippen LogP) is 3.72. The maximum atomic E-state index is 11.7. The minimum atomic E-state index is -0.928. The van der Waals surface area contributed by atoms with E-state index >= 15 is 0 Å². The smallest absolute Gasteiger partial charge is 0.331 e. The Labute approximate surface area is 150 Å². The summed E-state index contributed by atoms with van der Waals surface area (Å²) >= 11 is 3.44. The lowest BCUT2D eigenvalue weighted by Crippen LogP contribution is -2.21. The first kappa shape index (κ1) is 18.5. The van der Waals surface area contributed by atoms with Crippen LogP contribution in [0.4, 0.5) is 5.69 Å². The minimum absolute atomic E-state index is 0.151. The number of hydrogen-bond acceptors (Lipinski definition) is 4. The average Bonchev–Trinajstić information content (AvgIpc) is 2.95. The van der Waals surface area contributed by atoms with E-state index in [-0.39, 0.29) is 17.5 Å². The van der Waals surface area contributed by atoms with Gasteiger partial charge in [-0.05, 0) is 56.0 Å². The minimum Gasteiger partial charge on any atom is -0.478 e. The SMILES string of the molecule is CCOC(=O)CC1CCN(c2ccc(Br)cc2/C=C(\C)C(=O)O)C1. The molecule has 0 aliphatic carbocycles. The molecule has 0 saturated carbocycles. The summed E-state index contributed by atoms with van der Waals surface area (Å²) in [5.74, 6) is -0.811. The number of rotatable bonds is 6. The van der Waals surface area contributed by atoms with Crippen LogP contribution in [0.5, 0.6) is 0 Å². The monoisotopic (exact) mass is 395 g/mol. The number of carbonyl (C=O) groups excluding carboxylic acids is 1. The molecule has 5 nitrogen and oxygen atoms in total. The van der Waals surface area contributed by atoms with E-state index in [4.69, 9.17) is 9.84 Å². The van der Waals surface area contributed by atoms with Gasteiger partial charge in [-0.25, -0.2) is 4.79 Å². The molecule has 1 unspecified atom stereocenters. The lowest BCUT2D eigenvalue weighted by molar-refractivity contribution is -0.144. The Kier molecular flexibility index (Phi) is 6.43. The molecule has 1 heterocycles. The van der Waals surface area contributed by atoms with Crippen LogP contribution in [0.15, 0.2) is 28.2 Å². The molecule has 1 aromatic rings. The third kappa shape index (κ3) is 4.84. The second-order valence-electron chi connectivity index (χ2n) is 5.95. The molecule has 1 aliphatic rings. The van der Waals surface area contributed by atoms with E-state index in [0.717, 1.165) is 35.2 Å². The molecule has 0 radical (unpaired) electrons. The van der Waals surface area contributed by atoms with Crippen molar-refractivity contribution in [2.45, 2.75) is 26.7 Å². The summed E-state index contributed by atoms with van der Waals surface area (Å²) < 4.78 is 5.93. The highest BCUT2D eigenvalue weighted by Crippen LogP contribution is 2.32. The molecule has 0 bridgehead atoms. The van der Waals surface area contributed by atoms with Crippen molar-refractivity contribution in [1.82, 2.24) is 0 Å². The molecule has 0 spiro atoms. The molecule has 1 N–H and O–H groups in total. The molecule has 2 rings (SSSR count). The van der Waals surface area contributed by atoms with Gasteiger partial charge in [-0.3, -0.25) is 4.79 Å². The van der Waals surface area contributed by atoms with Gasteiger partial charge in [0, 0.05) is 28.8 Å². The Bertz CT molecular complexity index is 656. The van der Waals surface area contributed by atoms with Crippen molar-refractivity contribution in [3.63, 3.8) is 0 Å². The standard InChI is InChI=1S/C18H22BrNO4/c1-3-24-17(21)9-13-6-7-20(11-13)16-5-4-15(19)10-14(16)8-12(2)18(22)23/h4-5,8,10,13H,3,6-7,9,11H2,1-2H3,(H,22,23)/b12-8+. The van der Waals surface area contributed by atoms with Crippen molar-refractivity contribution in [3.05, 3.63) is 33.8 Å². The van der Waals surface area contributed by atoms with Gasteiger partial charge in [-0.1, -0.05) is 15.9 Å². The van der Waals surface area contributed by atoms with Gasteiger partial charge in [0.15, 0.2) is 0 Å². The van der Waals surface area contributed by atoms with Gasteiger partial charge in [0.05, 0.1) is 13.0 Å². The number of nitrogens with zero attached hydrogens (tertiary/aromatic N) is 1. The van der Waals surface area contributed by atoms with Crippen LogP contribution in [0.1, 0.15) is 32.3 Å². The maximum Gasteiger partial charge on any atom is 0.331 e. The Balaban J connectivity index is 2.16. The van der Waals surface area contributed by atoms with E-state index in [0.29, 0.717) is 13.0 Å². The van der Waals surface area contributed by atoms with Crippen LogP contribution in [0.3, 0.4) is 0 Å². The normalized spacial score (nSPS) is 17.9. The molecule has 1 aromatic carbocycles. The highest BCUT2D eigenvalue weighted by atomic mass is 79.9. The molecule has 1 saturated heterocycles. The second-order valence-corrected chi connectivity index (χ2v) is 6.86. The van der Waals surface area contributed by atoms with Gasteiger partial charge in [0.1, 0.15) is 0 Å². The number of carbonyl (C=O) groups is 2. The van der Waals surface area contributed by atoms with Gasteiger partial charge in [0.2, 0.25) is 0 Å². The van der Waals surface area contributed by atoms with Crippen molar-refractivity contribution in [1.29, 1.82) is 0 Å². The van der Waals surface area contributed by atoms with Crippen molar-refractivity contribution in [2.24, 2.45) is 5.92 Å². The van der Waals surface area contributed by atoms with E-state index in [2.05, 4.69) is 20.8 Å². The number of carboxylic acid groups (broad SMARTS) is 1. The van der Waals surface area contributed by atoms with Crippen LogP contribution in [0.2, 0.25) is 0 Å². The van der Waals surface area contributed by atoms with Crippen LogP contribution >= 0.6 is 15.9 Å². The highest BCUT2D eigenvalue weighted by Gasteiger charge is 2.26. The number of esters is 1. The first-order valence-electron chi connectivity index (χ1n) is 8.02. The van der Waals surface area contributed by atoms with E-state index in [9.17, 15) is 9.59 Å². The molecule has 0 amide bonds. The summed E-state index contributed by atoms with van der Waals surface area (Å²) in [5, 5.41) is 9.12. The summed E-state index contributed by atoms with van der Waals surface area (Å²) in [7, 11) is 0. The van der Waals surface area contributed by atoms with Gasteiger partial charge < -0.3 is 14.7 Å². The van der Waals surface area contributed by atoms with Crippen molar-refractivity contribution in [3.8, 4) is 0 Å². The first-order valence-corrected chi connectivity index (χ1v) is 8.81. The molecule has 0 aromatic heterocycles. The van der Waals surface area contributed by atoms with Crippen molar-refractivity contribution in [2.75, 3.05) is 24.6 Å². The third-order valence-corrected chi connectivity index (χ3v) is 4.58. The summed E-state index contributed by atoms with van der Waals surface area (Å²) in [6, 6.07) is 5.85. The van der Waals surface area contributed by atoms with E-state index in [1.807, 2.05) is 25.1 Å². The van der Waals surface area contributed by atoms with Crippen LogP contribution in [-0.2, 0) is 14.3 Å². The van der Waals surface area contributed by atoms with Crippen LogP contribution in [0, 0.1) is 5.92 Å². The lowest BCUT2D eigenvalue weighted by Gasteiger charge is -2.21. The molecule has 1 fully saturated rings. The summed E-state index contributed by atoms with van der Waals surface area (Å²) in [5.41, 5.74) is 2.14. The van der Waals surface area contributed by atoms with E-state index < -0.39 is 5.97 Å². The zero-order valence-corrected chi connectivity index (χ0v) is 15.5. The Morgan fingerprint density at radius 1 is 1.46 bits per heavy atom. The zero-order chi connectivity index (χ0) is 17.7. The molecular formula is C18H22BrNO4. The lowest BCUT2D eigenvalue weighted by atomic mass is 10.1. The van der Waals surface area contributed by atoms with Crippen molar-refractivity contribution >= 4 is 39.6 Å². The molecule has 6 heteroatoms. The summed E-state index contributed by atoms with van der Waals surface area (Å²) in [4.78, 5) is 25.0. The van der Waals surface area contributed by atoms with Gasteiger partial charge in [-0.15, -0.1) is 0 Å². The fraction of sp³-hybridized carbons (Fsp3) is 0.444. The molecule has 130 valence electrons. The van der Waals surface area contributed by atoms with Gasteiger partial charge >= 0.3 is 11.9 Å². The van der Waals surface area contributed by atoms with E-state index in [1.165, 1.54) is 0 Å². The summed E-state index contributed by atoms with van der Waals surface area (Å²) in [6.45, 7) is 5.42. The van der Waals surface area contributed by atoms with Crippen molar-refractivity contribution < 1.29 is 19.4 Å². The van der Waals surface area contributed by atoms with Crippen LogP contribution < -0.4 is 4.90 Å². The second kappa shape index (κ2) is 8.33. The van der Waals surface area contributed by atoms with Gasteiger partial charge in [-0.2, -0.15) is 0 Å². The molecule has 24 heavy (non-hydrogen) atoms. The Morgan fingerprint density at radius 2 is 2.21 bits per heavy atom.